The molecule has 0 atom stereocenters. The number of aromatic nitrogens is 1. The van der Waals surface area contributed by atoms with Gasteiger partial charge < -0.3 is 4.57 Å². The molecule has 0 N–H and O–H groups in total. The summed E-state index contributed by atoms with van der Waals surface area (Å²) < 4.78 is 15.9. The number of carbonyl (C=O) groups excluding carboxylic acids is 1. The van der Waals surface area contributed by atoms with E-state index in [1.54, 1.807) is 17.0 Å². The third kappa shape index (κ3) is 3.76. The second kappa shape index (κ2) is 8.37. The van der Waals surface area contributed by atoms with Crippen molar-refractivity contribution in [2.24, 2.45) is 0 Å². The minimum absolute atomic E-state index is 0.107. The maximum atomic E-state index is 13.3. The molecule has 0 aliphatic carbocycles. The summed E-state index contributed by atoms with van der Waals surface area (Å²) in [6, 6.07) is 22.3. The summed E-state index contributed by atoms with van der Waals surface area (Å²) in [5.41, 5.74) is 4.83. The first kappa shape index (κ1) is 20.7. The van der Waals surface area contributed by atoms with E-state index in [1.165, 1.54) is 23.9 Å². The number of benzene rings is 3. The summed E-state index contributed by atoms with van der Waals surface area (Å²) in [6.45, 7) is 2.58. The summed E-state index contributed by atoms with van der Waals surface area (Å²) >= 11 is 6.86. The van der Waals surface area contributed by atoms with Crippen molar-refractivity contribution in [1.82, 2.24) is 4.57 Å². The summed E-state index contributed by atoms with van der Waals surface area (Å²) in [7, 11) is 0. The van der Waals surface area contributed by atoms with Crippen LogP contribution in [0.25, 0.3) is 17.0 Å². The number of thioether (sulfide) groups is 1. The highest BCUT2D eigenvalue weighted by Crippen LogP contribution is 2.38. The lowest BCUT2D eigenvalue weighted by atomic mass is 10.1. The summed E-state index contributed by atoms with van der Waals surface area (Å²) in [4.78, 5) is 15.5. The van der Waals surface area contributed by atoms with Crippen LogP contribution in [0.5, 0.6) is 0 Å². The van der Waals surface area contributed by atoms with E-state index < -0.39 is 0 Å². The fraction of sp³-hybridized carbons (Fsp3) is 0.0769. The van der Waals surface area contributed by atoms with E-state index >= 15 is 0 Å². The van der Waals surface area contributed by atoms with Crippen molar-refractivity contribution < 1.29 is 9.18 Å². The third-order valence-corrected chi connectivity index (χ3v) is 6.82. The zero-order valence-corrected chi connectivity index (χ0v) is 18.9. The molecule has 0 saturated carbocycles. The molecular weight excluding hydrogens is 439 g/mol. The maximum absolute atomic E-state index is 13.3. The van der Waals surface area contributed by atoms with Crippen molar-refractivity contribution in [3.05, 3.63) is 106 Å². The topological polar surface area (TPSA) is 25.2 Å². The third-order valence-electron chi connectivity index (χ3n) is 5.52. The Morgan fingerprint density at radius 3 is 2.50 bits per heavy atom. The van der Waals surface area contributed by atoms with Crippen LogP contribution in [-0.2, 0) is 11.3 Å². The fourth-order valence-electron chi connectivity index (χ4n) is 3.94. The largest absolute Gasteiger partial charge is 0.342 e. The average molecular weight is 459 g/mol. The van der Waals surface area contributed by atoms with Crippen molar-refractivity contribution in [3.8, 4) is 0 Å². The molecule has 1 saturated heterocycles. The van der Waals surface area contributed by atoms with Gasteiger partial charge >= 0.3 is 0 Å². The van der Waals surface area contributed by atoms with E-state index in [2.05, 4.69) is 10.6 Å². The molecule has 1 amide bonds. The Bertz CT molecular complexity index is 1390. The molecule has 2 heterocycles. The number of hydrogen-bond acceptors (Lipinski definition) is 3. The quantitative estimate of drug-likeness (QED) is 0.256. The van der Waals surface area contributed by atoms with Crippen LogP contribution in [0.3, 0.4) is 0 Å². The van der Waals surface area contributed by atoms with E-state index in [-0.39, 0.29) is 11.7 Å². The van der Waals surface area contributed by atoms with Gasteiger partial charge in [0.25, 0.3) is 5.91 Å². The number of anilines is 1. The number of aryl methyl sites for hydroxylation is 1. The summed E-state index contributed by atoms with van der Waals surface area (Å²) in [5.74, 6) is -0.354. The van der Waals surface area contributed by atoms with Gasteiger partial charge in [-0.15, -0.1) is 0 Å². The smallest absolute Gasteiger partial charge is 0.270 e. The highest BCUT2D eigenvalue weighted by molar-refractivity contribution is 8.27. The number of carbonyl (C=O) groups is 1. The van der Waals surface area contributed by atoms with Crippen LogP contribution in [0.1, 0.15) is 16.7 Å². The molecule has 1 aromatic heterocycles. The molecule has 1 aliphatic heterocycles. The molecule has 4 aromatic rings. The molecule has 1 aliphatic rings. The van der Waals surface area contributed by atoms with Gasteiger partial charge in [0.1, 0.15) is 5.82 Å². The van der Waals surface area contributed by atoms with E-state index in [9.17, 15) is 9.18 Å². The van der Waals surface area contributed by atoms with Crippen LogP contribution in [0.4, 0.5) is 10.1 Å². The Hall–Kier alpha value is -3.22. The summed E-state index contributed by atoms with van der Waals surface area (Å²) in [6.07, 6.45) is 3.95. The molecule has 1 fully saturated rings. The molecular formula is C26H19FN2OS2. The summed E-state index contributed by atoms with van der Waals surface area (Å²) in [5, 5.41) is 1.05. The molecule has 0 bridgehead atoms. The van der Waals surface area contributed by atoms with Gasteiger partial charge in [-0.2, -0.15) is 0 Å². The van der Waals surface area contributed by atoms with Gasteiger partial charge in [-0.05, 0) is 48.4 Å². The van der Waals surface area contributed by atoms with Gasteiger partial charge in [-0.3, -0.25) is 9.69 Å². The lowest BCUT2D eigenvalue weighted by Crippen LogP contribution is -2.28. The fourth-order valence-corrected chi connectivity index (χ4v) is 5.21. The van der Waals surface area contributed by atoms with Crippen LogP contribution >= 0.6 is 24.0 Å². The highest BCUT2D eigenvalue weighted by Gasteiger charge is 2.34. The van der Waals surface area contributed by atoms with E-state index in [0.717, 1.165) is 33.3 Å². The monoisotopic (exact) mass is 458 g/mol. The minimum Gasteiger partial charge on any atom is -0.342 e. The van der Waals surface area contributed by atoms with Crippen molar-refractivity contribution in [1.29, 1.82) is 0 Å². The number of halogens is 1. The van der Waals surface area contributed by atoms with Crippen molar-refractivity contribution in [3.63, 3.8) is 0 Å². The van der Waals surface area contributed by atoms with Crippen molar-refractivity contribution in [2.45, 2.75) is 13.5 Å². The van der Waals surface area contributed by atoms with Gasteiger partial charge in [0.15, 0.2) is 4.32 Å². The SMILES string of the molecule is Cc1ccccc1N1C(=O)/C(=C\c2cn(Cc3ccc(F)cc3)c3ccccc23)SC1=S. The highest BCUT2D eigenvalue weighted by atomic mass is 32.2. The second-order valence-electron chi connectivity index (χ2n) is 7.66. The zero-order chi connectivity index (χ0) is 22.2. The lowest BCUT2D eigenvalue weighted by molar-refractivity contribution is -0.113. The zero-order valence-electron chi connectivity index (χ0n) is 17.3. The number of thiocarbonyl (C=S) groups is 1. The van der Waals surface area contributed by atoms with E-state index in [4.69, 9.17) is 12.2 Å². The molecule has 3 nitrogen and oxygen atoms in total. The van der Waals surface area contributed by atoms with Crippen LogP contribution in [0.2, 0.25) is 0 Å². The van der Waals surface area contributed by atoms with Gasteiger partial charge in [0.05, 0.1) is 10.6 Å². The number of nitrogens with zero attached hydrogens (tertiary/aromatic N) is 2. The first-order chi connectivity index (χ1) is 15.5. The van der Waals surface area contributed by atoms with Crippen LogP contribution in [0.15, 0.2) is 83.9 Å². The Morgan fingerprint density at radius 1 is 1.00 bits per heavy atom. The Balaban J connectivity index is 1.53. The number of fused-ring (bicyclic) bond motifs is 1. The van der Waals surface area contributed by atoms with E-state index in [1.807, 2.05) is 61.7 Å². The minimum atomic E-state index is -0.248. The first-order valence-corrected chi connectivity index (χ1v) is 11.4. The molecule has 0 spiro atoms. The Kier molecular flexibility index (Phi) is 5.41. The van der Waals surface area contributed by atoms with Crippen LogP contribution < -0.4 is 4.90 Å². The Morgan fingerprint density at radius 2 is 1.72 bits per heavy atom. The maximum Gasteiger partial charge on any atom is 0.270 e. The van der Waals surface area contributed by atoms with Crippen LogP contribution in [0, 0.1) is 12.7 Å². The van der Waals surface area contributed by atoms with E-state index in [0.29, 0.717) is 15.8 Å². The number of hydrogen-bond donors (Lipinski definition) is 0. The van der Waals surface area contributed by atoms with Gasteiger partial charge in [0.2, 0.25) is 0 Å². The molecule has 0 radical (unpaired) electrons. The number of para-hydroxylation sites is 2. The molecule has 6 heteroatoms. The first-order valence-electron chi connectivity index (χ1n) is 10.2. The number of amides is 1. The molecule has 5 rings (SSSR count). The lowest BCUT2D eigenvalue weighted by Gasteiger charge is -2.16. The normalized spacial score (nSPS) is 15.3. The van der Waals surface area contributed by atoms with Crippen molar-refractivity contribution >= 4 is 56.9 Å². The average Bonchev–Trinajstić information content (AvgIpc) is 3.27. The second-order valence-corrected chi connectivity index (χ2v) is 9.34. The molecule has 3 aromatic carbocycles. The Labute approximate surface area is 195 Å². The van der Waals surface area contributed by atoms with Crippen LogP contribution in [-0.4, -0.2) is 14.8 Å². The molecule has 32 heavy (non-hydrogen) atoms. The predicted molar refractivity (Wildman–Crippen MR) is 134 cm³/mol. The predicted octanol–water partition coefficient (Wildman–Crippen LogP) is 6.54. The van der Waals surface area contributed by atoms with Gasteiger partial charge in [-0.25, -0.2) is 4.39 Å². The molecule has 0 unspecified atom stereocenters. The van der Waals surface area contributed by atoms with Gasteiger partial charge in [0, 0.05) is 29.2 Å². The molecule has 158 valence electrons. The van der Waals surface area contributed by atoms with Crippen molar-refractivity contribution in [2.75, 3.05) is 4.90 Å². The van der Waals surface area contributed by atoms with Gasteiger partial charge in [-0.1, -0.05) is 72.5 Å². The standard InChI is InChI=1S/C26H19FN2OS2/c1-17-6-2-4-8-22(17)29-25(30)24(32-26(29)31)14-19-16-28(23-9-5-3-7-21(19)23)15-18-10-12-20(27)13-11-18/h2-14,16H,15H2,1H3/b24-14+. The number of rotatable bonds is 4.